The molecule has 1 atom stereocenters. The van der Waals surface area contributed by atoms with Crippen LogP contribution in [0, 0.1) is 0 Å². The van der Waals surface area contributed by atoms with Crippen molar-refractivity contribution in [2.45, 2.75) is 31.1 Å². The van der Waals surface area contributed by atoms with Gasteiger partial charge in [-0.15, -0.1) is 0 Å². The van der Waals surface area contributed by atoms with Crippen molar-refractivity contribution in [3.63, 3.8) is 0 Å². The highest BCUT2D eigenvalue weighted by Crippen LogP contribution is 2.24. The van der Waals surface area contributed by atoms with Gasteiger partial charge in [0.05, 0.1) is 0 Å². The van der Waals surface area contributed by atoms with Crippen LogP contribution in [0.2, 0.25) is 0 Å². The molecule has 1 aromatic rings. The molecule has 18 heavy (non-hydrogen) atoms. The second kappa shape index (κ2) is 7.31. The second-order valence-electron chi connectivity index (χ2n) is 4.43. The molecule has 4 heteroatoms. The number of hydrogen-bond acceptors (Lipinski definition) is 3. The predicted octanol–water partition coefficient (Wildman–Crippen LogP) is 3.20. The van der Waals surface area contributed by atoms with Crippen LogP contribution in [0.5, 0.6) is 0 Å². The fraction of sp³-hybridized carbons (Fsp3) is 0.500. The minimum Gasteiger partial charge on any atom is -0.445 e. The molecule has 1 aliphatic rings. The third-order valence-electron chi connectivity index (χ3n) is 2.96. The molecule has 0 saturated carbocycles. The lowest BCUT2D eigenvalue weighted by Crippen LogP contribution is -2.32. The van der Waals surface area contributed by atoms with E-state index in [1.807, 2.05) is 42.1 Å². The fourth-order valence-electron chi connectivity index (χ4n) is 1.94. The van der Waals surface area contributed by atoms with Gasteiger partial charge in [0.1, 0.15) is 6.61 Å². The van der Waals surface area contributed by atoms with Crippen LogP contribution in [0.4, 0.5) is 4.79 Å². The van der Waals surface area contributed by atoms with Crippen molar-refractivity contribution in [1.29, 1.82) is 0 Å². The summed E-state index contributed by atoms with van der Waals surface area (Å²) in [6.07, 6.45) is 3.46. The van der Waals surface area contributed by atoms with Gasteiger partial charge >= 0.3 is 6.09 Å². The molecule has 1 aromatic carbocycles. The Labute approximate surface area is 112 Å². The van der Waals surface area contributed by atoms with Crippen molar-refractivity contribution in [2.75, 3.05) is 12.3 Å². The zero-order valence-corrected chi connectivity index (χ0v) is 11.2. The average molecular weight is 265 g/mol. The maximum absolute atomic E-state index is 11.5. The van der Waals surface area contributed by atoms with Crippen molar-refractivity contribution in [1.82, 2.24) is 5.32 Å². The normalized spacial score (nSPS) is 19.2. The van der Waals surface area contributed by atoms with Gasteiger partial charge in [0.15, 0.2) is 0 Å². The fourth-order valence-corrected chi connectivity index (χ4v) is 3.18. The van der Waals surface area contributed by atoms with E-state index in [1.165, 1.54) is 25.0 Å². The van der Waals surface area contributed by atoms with E-state index in [4.69, 9.17) is 4.74 Å². The Kier molecular flexibility index (Phi) is 5.39. The second-order valence-corrected chi connectivity index (χ2v) is 5.84. The van der Waals surface area contributed by atoms with Crippen molar-refractivity contribution < 1.29 is 9.53 Å². The summed E-state index contributed by atoms with van der Waals surface area (Å²) in [5, 5.41) is 3.40. The van der Waals surface area contributed by atoms with Crippen molar-refractivity contribution in [3.8, 4) is 0 Å². The summed E-state index contributed by atoms with van der Waals surface area (Å²) in [5.74, 6) is 1.21. The Bertz CT molecular complexity index is 363. The number of hydrogen-bond donors (Lipinski definition) is 1. The van der Waals surface area contributed by atoms with E-state index in [9.17, 15) is 4.79 Å². The topological polar surface area (TPSA) is 38.3 Å². The molecule has 3 nitrogen and oxygen atoms in total. The van der Waals surface area contributed by atoms with Gasteiger partial charge in [-0.05, 0) is 24.2 Å². The number of carbonyl (C=O) groups excluding carboxylic acids is 1. The first kappa shape index (κ1) is 13.3. The Morgan fingerprint density at radius 2 is 2.17 bits per heavy atom. The third kappa shape index (κ3) is 4.61. The lowest BCUT2D eigenvalue weighted by atomic mass is 10.2. The smallest absolute Gasteiger partial charge is 0.407 e. The molecule has 1 saturated heterocycles. The van der Waals surface area contributed by atoms with E-state index in [0.717, 1.165) is 12.1 Å². The molecule has 0 radical (unpaired) electrons. The minimum absolute atomic E-state index is 0.315. The number of amides is 1. The highest BCUT2D eigenvalue weighted by atomic mass is 32.2. The van der Waals surface area contributed by atoms with Gasteiger partial charge in [0.25, 0.3) is 0 Å². The molecule has 1 aliphatic heterocycles. The summed E-state index contributed by atoms with van der Waals surface area (Å²) in [6, 6.07) is 9.73. The maximum Gasteiger partial charge on any atom is 0.407 e. The summed E-state index contributed by atoms with van der Waals surface area (Å²) in [7, 11) is 0. The summed E-state index contributed by atoms with van der Waals surface area (Å²) >= 11 is 1.95. The third-order valence-corrected chi connectivity index (χ3v) is 4.36. The first-order valence-corrected chi connectivity index (χ1v) is 7.45. The molecule has 0 aliphatic carbocycles. The van der Waals surface area contributed by atoms with Crippen LogP contribution in [0.3, 0.4) is 0 Å². The summed E-state index contributed by atoms with van der Waals surface area (Å²) in [4.78, 5) is 11.5. The lowest BCUT2D eigenvalue weighted by Gasteiger charge is -2.21. The highest BCUT2D eigenvalue weighted by molar-refractivity contribution is 7.99. The lowest BCUT2D eigenvalue weighted by molar-refractivity contribution is 0.139. The molecular formula is C14H19NO2S. The molecule has 1 heterocycles. The Hall–Kier alpha value is -1.16. The Morgan fingerprint density at radius 1 is 1.33 bits per heavy atom. The molecular weight excluding hydrogens is 246 g/mol. The van der Waals surface area contributed by atoms with Crippen molar-refractivity contribution >= 4 is 17.9 Å². The quantitative estimate of drug-likeness (QED) is 0.908. The number of nitrogens with one attached hydrogen (secondary N) is 1. The van der Waals surface area contributed by atoms with Crippen LogP contribution >= 0.6 is 11.8 Å². The van der Waals surface area contributed by atoms with Crippen LogP contribution in [0.1, 0.15) is 24.8 Å². The van der Waals surface area contributed by atoms with E-state index in [0.29, 0.717) is 11.9 Å². The molecule has 1 fully saturated rings. The van der Waals surface area contributed by atoms with E-state index >= 15 is 0 Å². The predicted molar refractivity (Wildman–Crippen MR) is 74.7 cm³/mol. The molecule has 1 unspecified atom stereocenters. The van der Waals surface area contributed by atoms with Gasteiger partial charge in [-0.2, -0.15) is 11.8 Å². The minimum atomic E-state index is -0.315. The van der Waals surface area contributed by atoms with Crippen molar-refractivity contribution in [3.05, 3.63) is 35.9 Å². The number of rotatable bonds is 4. The van der Waals surface area contributed by atoms with E-state index in [-0.39, 0.29) is 6.09 Å². The van der Waals surface area contributed by atoms with Crippen molar-refractivity contribution in [2.24, 2.45) is 0 Å². The number of alkyl carbamates (subject to hydrolysis) is 1. The molecule has 0 aromatic heterocycles. The van der Waals surface area contributed by atoms with Gasteiger partial charge in [0.2, 0.25) is 0 Å². The Balaban J connectivity index is 1.63. The molecule has 1 amide bonds. The zero-order valence-electron chi connectivity index (χ0n) is 10.4. The monoisotopic (exact) mass is 265 g/mol. The van der Waals surface area contributed by atoms with E-state index in [1.54, 1.807) is 0 Å². The average Bonchev–Trinajstić information content (AvgIpc) is 2.45. The number of thioether (sulfide) groups is 1. The zero-order chi connectivity index (χ0) is 12.6. The summed E-state index contributed by atoms with van der Waals surface area (Å²) in [6.45, 7) is 1.06. The SMILES string of the molecule is O=C(NCC1CCCCS1)OCc1ccccc1. The molecule has 98 valence electrons. The van der Waals surface area contributed by atoms with E-state index in [2.05, 4.69) is 5.32 Å². The van der Waals surface area contributed by atoms with Crippen LogP contribution in [-0.4, -0.2) is 23.6 Å². The molecule has 0 spiro atoms. The first-order chi connectivity index (χ1) is 8.84. The summed E-state index contributed by atoms with van der Waals surface area (Å²) < 4.78 is 5.16. The van der Waals surface area contributed by atoms with Gasteiger partial charge < -0.3 is 10.1 Å². The van der Waals surface area contributed by atoms with Gasteiger partial charge in [-0.1, -0.05) is 36.8 Å². The van der Waals surface area contributed by atoms with Crippen LogP contribution in [-0.2, 0) is 11.3 Å². The van der Waals surface area contributed by atoms with Gasteiger partial charge in [-0.25, -0.2) is 4.79 Å². The molecule has 1 N–H and O–H groups in total. The molecule has 2 rings (SSSR count). The number of benzene rings is 1. The van der Waals surface area contributed by atoms with Crippen LogP contribution < -0.4 is 5.32 Å². The number of carbonyl (C=O) groups is 1. The van der Waals surface area contributed by atoms with Crippen LogP contribution in [0.15, 0.2) is 30.3 Å². The highest BCUT2D eigenvalue weighted by Gasteiger charge is 2.14. The van der Waals surface area contributed by atoms with Gasteiger partial charge in [-0.3, -0.25) is 0 Å². The number of ether oxygens (including phenoxy) is 1. The van der Waals surface area contributed by atoms with E-state index < -0.39 is 0 Å². The Morgan fingerprint density at radius 3 is 2.89 bits per heavy atom. The first-order valence-electron chi connectivity index (χ1n) is 6.41. The largest absolute Gasteiger partial charge is 0.445 e. The van der Waals surface area contributed by atoms with Crippen LogP contribution in [0.25, 0.3) is 0 Å². The molecule has 0 bridgehead atoms. The maximum atomic E-state index is 11.5. The standard InChI is InChI=1S/C14H19NO2S/c16-14(15-10-13-8-4-5-9-18-13)17-11-12-6-2-1-3-7-12/h1-3,6-7,13H,4-5,8-11H2,(H,15,16). The summed E-state index contributed by atoms with van der Waals surface area (Å²) in [5.41, 5.74) is 1.01. The van der Waals surface area contributed by atoms with Gasteiger partial charge in [0, 0.05) is 11.8 Å².